The number of aryl methyl sites for hydroxylation is 1. The van der Waals surface area contributed by atoms with E-state index in [0.717, 1.165) is 18.4 Å². The highest BCUT2D eigenvalue weighted by atomic mass is 16.3. The minimum Gasteiger partial charge on any atom is -0.292 e. The van der Waals surface area contributed by atoms with Crippen LogP contribution < -0.4 is 0 Å². The number of nitroso groups, excluding NO2 is 1. The molecule has 0 spiro atoms. The molecule has 0 saturated carbocycles. The van der Waals surface area contributed by atoms with Crippen LogP contribution in [0.4, 0.5) is 0 Å². The number of hydrogen-bond donors (Lipinski definition) is 0. The molecule has 0 unspecified atom stereocenters. The van der Waals surface area contributed by atoms with Crippen molar-refractivity contribution in [2.75, 3.05) is 0 Å². The molecule has 4 heteroatoms. The molecule has 72 valence electrons. The van der Waals surface area contributed by atoms with Gasteiger partial charge in [0.1, 0.15) is 12.2 Å². The van der Waals surface area contributed by atoms with E-state index < -0.39 is 0 Å². The Kier molecular flexibility index (Phi) is 2.35. The van der Waals surface area contributed by atoms with E-state index in [9.17, 15) is 9.70 Å². The largest absolute Gasteiger partial charge is 0.292 e. The van der Waals surface area contributed by atoms with Crippen molar-refractivity contribution >= 4 is 5.78 Å². The van der Waals surface area contributed by atoms with Gasteiger partial charge in [0.15, 0.2) is 5.78 Å². The summed E-state index contributed by atoms with van der Waals surface area (Å²) in [7, 11) is 0. The van der Waals surface area contributed by atoms with E-state index >= 15 is 0 Å². The van der Waals surface area contributed by atoms with E-state index in [1.807, 2.05) is 6.07 Å². The number of ketones is 1. The fourth-order valence-corrected chi connectivity index (χ4v) is 1.68. The minimum absolute atomic E-state index is 0.0422. The van der Waals surface area contributed by atoms with Crippen LogP contribution in [0.3, 0.4) is 0 Å². The summed E-state index contributed by atoms with van der Waals surface area (Å²) in [5.41, 5.74) is 2.11. The summed E-state index contributed by atoms with van der Waals surface area (Å²) in [4.78, 5) is 25.7. The number of Topliss-reactive ketones (excluding diaryl/α,β-unsaturated/α-hetero) is 1. The Morgan fingerprint density at radius 1 is 1.36 bits per heavy atom. The lowest BCUT2D eigenvalue weighted by molar-refractivity contribution is 0.0967. The maximum atomic E-state index is 11.5. The molecule has 1 heterocycles. The highest BCUT2D eigenvalue weighted by Gasteiger charge is 2.18. The van der Waals surface area contributed by atoms with Gasteiger partial charge in [-0.05, 0) is 24.5 Å². The van der Waals surface area contributed by atoms with Crippen molar-refractivity contribution in [1.82, 2.24) is 4.98 Å². The lowest BCUT2D eigenvalue weighted by Crippen LogP contribution is -2.13. The first-order chi connectivity index (χ1) is 6.81. The second-order valence-corrected chi connectivity index (χ2v) is 3.37. The van der Waals surface area contributed by atoms with E-state index in [4.69, 9.17) is 0 Å². The molecule has 1 aromatic rings. The Morgan fingerprint density at radius 3 is 3.00 bits per heavy atom. The molecule has 1 aliphatic carbocycles. The van der Waals surface area contributed by atoms with Crippen molar-refractivity contribution in [1.29, 1.82) is 0 Å². The quantitative estimate of drug-likeness (QED) is 0.669. The van der Waals surface area contributed by atoms with Gasteiger partial charge < -0.3 is 0 Å². The molecule has 0 aromatic carbocycles. The number of pyridine rings is 1. The standard InChI is InChI=1S/C10H10N2O2/c13-9-3-1-2-7-4-5-8(6-11-14)12-10(7)9/h4-5H,1-3,6H2. The molecule has 0 bridgehead atoms. The Bertz CT molecular complexity index is 388. The topological polar surface area (TPSA) is 59.4 Å². The molecule has 0 radical (unpaired) electrons. The van der Waals surface area contributed by atoms with Gasteiger partial charge in [0.2, 0.25) is 0 Å². The number of hydrogen-bond acceptors (Lipinski definition) is 4. The van der Waals surface area contributed by atoms with E-state index in [-0.39, 0.29) is 12.3 Å². The molecule has 0 fully saturated rings. The van der Waals surface area contributed by atoms with Gasteiger partial charge in [-0.3, -0.25) is 4.79 Å². The summed E-state index contributed by atoms with van der Waals surface area (Å²) < 4.78 is 0. The van der Waals surface area contributed by atoms with Gasteiger partial charge in [-0.2, -0.15) is 4.91 Å². The van der Waals surface area contributed by atoms with Gasteiger partial charge >= 0.3 is 0 Å². The maximum absolute atomic E-state index is 11.5. The van der Waals surface area contributed by atoms with Crippen LogP contribution in [0.15, 0.2) is 17.3 Å². The number of rotatable bonds is 2. The number of aromatic nitrogens is 1. The molecule has 1 aromatic heterocycles. The van der Waals surface area contributed by atoms with Crippen LogP contribution >= 0.6 is 0 Å². The van der Waals surface area contributed by atoms with E-state index in [1.165, 1.54) is 0 Å². The van der Waals surface area contributed by atoms with E-state index in [2.05, 4.69) is 10.2 Å². The lowest BCUT2D eigenvalue weighted by atomic mass is 9.95. The highest BCUT2D eigenvalue weighted by molar-refractivity contribution is 5.96. The van der Waals surface area contributed by atoms with Crippen molar-refractivity contribution in [3.63, 3.8) is 0 Å². The van der Waals surface area contributed by atoms with Gasteiger partial charge in [0.25, 0.3) is 0 Å². The molecule has 0 aliphatic heterocycles. The molecule has 4 nitrogen and oxygen atoms in total. The monoisotopic (exact) mass is 190 g/mol. The molecule has 2 rings (SSSR count). The summed E-state index contributed by atoms with van der Waals surface area (Å²) in [5, 5.41) is 2.76. The van der Waals surface area contributed by atoms with Crippen molar-refractivity contribution in [3.8, 4) is 0 Å². The summed E-state index contributed by atoms with van der Waals surface area (Å²) in [6, 6.07) is 3.64. The van der Waals surface area contributed by atoms with Gasteiger partial charge in [-0.15, -0.1) is 0 Å². The van der Waals surface area contributed by atoms with Crippen molar-refractivity contribution in [3.05, 3.63) is 34.0 Å². The molecular weight excluding hydrogens is 180 g/mol. The molecule has 1 aliphatic rings. The zero-order chi connectivity index (χ0) is 9.97. The molecule has 0 atom stereocenters. The van der Waals surface area contributed by atoms with Crippen LogP contribution in [0, 0.1) is 4.91 Å². The van der Waals surface area contributed by atoms with Gasteiger partial charge in [0, 0.05) is 6.42 Å². The molecule has 0 N–H and O–H groups in total. The average Bonchev–Trinajstić information content (AvgIpc) is 2.20. The molecular formula is C10H10N2O2. The van der Waals surface area contributed by atoms with E-state index in [1.54, 1.807) is 6.07 Å². The Morgan fingerprint density at radius 2 is 2.21 bits per heavy atom. The average molecular weight is 190 g/mol. The summed E-state index contributed by atoms with van der Waals surface area (Å²) in [6.45, 7) is 0.0422. The van der Waals surface area contributed by atoms with Crippen molar-refractivity contribution in [2.45, 2.75) is 25.8 Å². The second kappa shape index (κ2) is 3.65. The van der Waals surface area contributed by atoms with Crippen LogP contribution in [0.1, 0.15) is 34.6 Å². The predicted octanol–water partition coefficient (Wildman–Crippen LogP) is 1.87. The minimum atomic E-state index is 0.0422. The number of fused-ring (bicyclic) bond motifs is 1. The second-order valence-electron chi connectivity index (χ2n) is 3.37. The van der Waals surface area contributed by atoms with Crippen LogP contribution in [-0.2, 0) is 13.0 Å². The first-order valence-electron chi connectivity index (χ1n) is 4.62. The summed E-state index contributed by atoms with van der Waals surface area (Å²) >= 11 is 0. The zero-order valence-electron chi connectivity index (χ0n) is 7.69. The Hall–Kier alpha value is -1.58. The van der Waals surface area contributed by atoms with Crippen LogP contribution in [0.5, 0.6) is 0 Å². The number of carbonyl (C=O) groups is 1. The third-order valence-corrected chi connectivity index (χ3v) is 2.38. The fourth-order valence-electron chi connectivity index (χ4n) is 1.68. The summed E-state index contributed by atoms with van der Waals surface area (Å²) in [5.74, 6) is 0.0824. The molecule has 0 saturated heterocycles. The van der Waals surface area contributed by atoms with Gasteiger partial charge in [-0.25, -0.2) is 4.98 Å². The van der Waals surface area contributed by atoms with Crippen molar-refractivity contribution in [2.24, 2.45) is 5.18 Å². The summed E-state index contributed by atoms with van der Waals surface area (Å²) in [6.07, 6.45) is 2.37. The SMILES string of the molecule is O=NCc1ccc2c(n1)C(=O)CCC2. The first-order valence-corrected chi connectivity index (χ1v) is 4.62. The highest BCUT2D eigenvalue weighted by Crippen LogP contribution is 2.19. The van der Waals surface area contributed by atoms with Crippen molar-refractivity contribution < 1.29 is 4.79 Å². The van der Waals surface area contributed by atoms with Gasteiger partial charge in [-0.1, -0.05) is 11.2 Å². The van der Waals surface area contributed by atoms with Crippen LogP contribution in [0.2, 0.25) is 0 Å². The zero-order valence-corrected chi connectivity index (χ0v) is 7.69. The van der Waals surface area contributed by atoms with Crippen LogP contribution in [-0.4, -0.2) is 10.8 Å². The molecule has 14 heavy (non-hydrogen) atoms. The first kappa shape index (κ1) is 8.99. The molecule has 0 amide bonds. The third kappa shape index (κ3) is 1.55. The number of carbonyl (C=O) groups excluding carboxylic acids is 1. The fraction of sp³-hybridized carbons (Fsp3) is 0.400. The van der Waals surface area contributed by atoms with Crippen LogP contribution in [0.25, 0.3) is 0 Å². The smallest absolute Gasteiger partial charge is 0.181 e. The van der Waals surface area contributed by atoms with Gasteiger partial charge in [0.05, 0.1) is 5.69 Å². The van der Waals surface area contributed by atoms with E-state index in [0.29, 0.717) is 17.8 Å². The Balaban J connectivity index is 2.40. The Labute approximate surface area is 81.3 Å². The maximum Gasteiger partial charge on any atom is 0.181 e. The normalized spacial score (nSPS) is 15.0. The predicted molar refractivity (Wildman–Crippen MR) is 51.0 cm³/mol. The lowest BCUT2D eigenvalue weighted by Gasteiger charge is -2.13. The number of nitrogens with zero attached hydrogens (tertiary/aromatic N) is 2. The third-order valence-electron chi connectivity index (χ3n) is 2.38.